The van der Waals surface area contributed by atoms with Crippen molar-refractivity contribution in [1.29, 1.82) is 0 Å². The van der Waals surface area contributed by atoms with Crippen LogP contribution in [-0.4, -0.2) is 34.9 Å². The summed E-state index contributed by atoms with van der Waals surface area (Å²) in [4.78, 5) is 84.2. The molecular formula is C57H50N10O6S2. The number of aromatic nitrogens is 2. The molecule has 0 aliphatic heterocycles. The predicted molar refractivity (Wildman–Crippen MR) is 305 cm³/mol. The number of para-hydroxylation sites is 2. The number of rotatable bonds is 17. The third kappa shape index (κ3) is 11.0. The minimum atomic E-state index is -0.569. The van der Waals surface area contributed by atoms with Crippen LogP contribution in [-0.2, 0) is 13.1 Å². The van der Waals surface area contributed by atoms with E-state index in [0.717, 1.165) is 70.0 Å². The Bertz CT molecular complexity index is 3850. The lowest BCUT2D eigenvalue weighted by molar-refractivity contribution is 0.102. The molecule has 376 valence electrons. The average Bonchev–Trinajstić information content (AvgIpc) is 4.14. The van der Waals surface area contributed by atoms with E-state index in [-0.39, 0.29) is 34.9 Å². The minimum Gasteiger partial charge on any atom is -0.383 e. The van der Waals surface area contributed by atoms with Crippen LogP contribution in [0.25, 0.3) is 21.8 Å². The molecular weight excluding hydrogens is 985 g/mol. The highest BCUT2D eigenvalue weighted by Crippen LogP contribution is 2.31. The van der Waals surface area contributed by atoms with Crippen LogP contribution in [0.1, 0.15) is 62.6 Å². The highest BCUT2D eigenvalue weighted by molar-refractivity contribution is 7.13. The van der Waals surface area contributed by atoms with Gasteiger partial charge in [0.15, 0.2) is 0 Å². The molecule has 11 rings (SSSR count). The summed E-state index contributed by atoms with van der Waals surface area (Å²) in [7, 11) is 1.59. The van der Waals surface area contributed by atoms with Gasteiger partial charge in [0.1, 0.15) is 32.5 Å². The smallest absolute Gasteiger partial charge is 0.267 e. The van der Waals surface area contributed by atoms with E-state index in [4.69, 9.17) is 0 Å². The first kappa shape index (κ1) is 49.6. The Labute approximate surface area is 437 Å². The van der Waals surface area contributed by atoms with E-state index < -0.39 is 21.7 Å². The number of nitrogens with one attached hydrogen (secondary N) is 8. The molecule has 1 fully saturated rings. The van der Waals surface area contributed by atoms with E-state index in [1.807, 2.05) is 83.6 Å². The molecule has 6 aromatic carbocycles. The van der Waals surface area contributed by atoms with Gasteiger partial charge in [0, 0.05) is 72.1 Å². The number of carbonyl (C=O) groups is 2. The normalized spacial score (nSPS) is 12.4. The lowest BCUT2D eigenvalue weighted by Gasteiger charge is -2.25. The second-order valence-electron chi connectivity index (χ2n) is 17.9. The van der Waals surface area contributed by atoms with Crippen molar-refractivity contribution in [2.45, 2.75) is 51.2 Å². The number of pyridine rings is 2. The van der Waals surface area contributed by atoms with Crippen molar-refractivity contribution in [3.8, 4) is 0 Å². The predicted octanol–water partition coefficient (Wildman–Crippen LogP) is 10.8. The third-order valence-electron chi connectivity index (χ3n) is 13.0. The van der Waals surface area contributed by atoms with Crippen molar-refractivity contribution in [3.63, 3.8) is 0 Å². The van der Waals surface area contributed by atoms with Crippen molar-refractivity contribution in [2.24, 2.45) is 0 Å². The highest BCUT2D eigenvalue weighted by Gasteiger charge is 2.25. The highest BCUT2D eigenvalue weighted by atomic mass is 32.1. The maximum absolute atomic E-state index is 13.2. The number of fused-ring (bicyclic) bond motifs is 2. The van der Waals surface area contributed by atoms with Gasteiger partial charge in [-0.15, -0.1) is 22.7 Å². The second-order valence-corrected chi connectivity index (χ2v) is 19.7. The van der Waals surface area contributed by atoms with E-state index in [9.17, 15) is 28.8 Å². The first-order valence-corrected chi connectivity index (χ1v) is 26.1. The lowest BCUT2D eigenvalue weighted by Crippen LogP contribution is -2.39. The molecule has 4 aromatic heterocycles. The van der Waals surface area contributed by atoms with E-state index in [1.165, 1.54) is 29.1 Å². The monoisotopic (exact) mass is 1030 g/mol. The standard InChI is InChI=1S/C31H29N5O3S.C26H21N5O3S/c37-28-26(34-20-7-2-1-3-8-20)27(29(28)38)35-21-9-6-10-22(17-21)36-31(39)30-25(14-16-40-30)33-18-19-13-15-32-24-12-5-4-11-23(19)24;1-27-21-22(24(33)23(21)32)30-16-5-4-6-17(13-16)31-26(34)25-20(10-12-35-25)29-14-15-9-11-28-19-8-3-2-7-18(15)19/h4-6,9-17,20,33-35H,1-3,7-8,18H2,(H,36,39);2-13,27,29-30H,14H2,1H3,(H,31,34). The van der Waals surface area contributed by atoms with Gasteiger partial charge >= 0.3 is 0 Å². The maximum atomic E-state index is 13.2. The fraction of sp³-hybridized carbons (Fsp3) is 0.158. The Morgan fingerprint density at radius 2 is 0.973 bits per heavy atom. The molecule has 18 heteroatoms. The van der Waals surface area contributed by atoms with Crippen molar-refractivity contribution in [1.82, 2.24) is 9.97 Å². The minimum absolute atomic E-state index is 0.217. The van der Waals surface area contributed by atoms with Gasteiger partial charge in [0.05, 0.1) is 22.4 Å². The summed E-state index contributed by atoms with van der Waals surface area (Å²) in [5.74, 6) is -0.479. The van der Waals surface area contributed by atoms with Crippen LogP contribution >= 0.6 is 22.7 Å². The lowest BCUT2D eigenvalue weighted by atomic mass is 9.95. The van der Waals surface area contributed by atoms with Crippen LogP contribution in [0, 0.1) is 0 Å². The van der Waals surface area contributed by atoms with Crippen molar-refractivity contribution >= 4 is 113 Å². The topological polar surface area (TPSA) is 224 Å². The molecule has 0 atom stereocenters. The molecule has 16 nitrogen and oxygen atoms in total. The molecule has 8 N–H and O–H groups in total. The van der Waals surface area contributed by atoms with Gasteiger partial charge in [-0.25, -0.2) is 0 Å². The third-order valence-corrected chi connectivity index (χ3v) is 14.8. The van der Waals surface area contributed by atoms with Crippen molar-refractivity contribution in [3.05, 3.63) is 206 Å². The van der Waals surface area contributed by atoms with Gasteiger partial charge in [-0.1, -0.05) is 67.8 Å². The zero-order chi connectivity index (χ0) is 51.8. The number of amides is 2. The van der Waals surface area contributed by atoms with Gasteiger partial charge in [0.2, 0.25) is 0 Å². The number of thiophene rings is 2. The molecule has 0 unspecified atom stereocenters. The summed E-state index contributed by atoms with van der Waals surface area (Å²) < 4.78 is 0. The number of anilines is 10. The summed E-state index contributed by atoms with van der Waals surface area (Å²) in [6.07, 6.45) is 9.03. The fourth-order valence-corrected chi connectivity index (χ4v) is 10.6. The van der Waals surface area contributed by atoms with E-state index >= 15 is 0 Å². The van der Waals surface area contributed by atoms with Crippen LogP contribution in [0.5, 0.6) is 0 Å². The largest absolute Gasteiger partial charge is 0.383 e. The molecule has 75 heavy (non-hydrogen) atoms. The Kier molecular flexibility index (Phi) is 14.8. The summed E-state index contributed by atoms with van der Waals surface area (Å²) >= 11 is 2.71. The molecule has 10 aromatic rings. The van der Waals surface area contributed by atoms with E-state index in [1.54, 1.807) is 68.0 Å². The Hall–Kier alpha value is -9.00. The van der Waals surface area contributed by atoms with Crippen molar-refractivity contribution in [2.75, 3.05) is 49.6 Å². The van der Waals surface area contributed by atoms with Gasteiger partial charge in [0.25, 0.3) is 33.5 Å². The fourth-order valence-electron chi connectivity index (χ4n) is 9.11. The number of hydrogen-bond acceptors (Lipinski definition) is 16. The van der Waals surface area contributed by atoms with Gasteiger partial charge in [-0.3, -0.25) is 38.7 Å². The van der Waals surface area contributed by atoms with E-state index in [2.05, 4.69) is 52.5 Å². The zero-order valence-corrected chi connectivity index (χ0v) is 42.2. The SMILES string of the molecule is CNc1c(Nc2cccc(NC(=O)c3sccc3NCc3ccnc4ccccc34)c2)c(=O)c1=O.O=C(Nc1cccc(Nc2c(NC3CCCCC3)c(=O)c2=O)c1)c1sccc1NCc1ccnc2ccccc12. The molecule has 1 saturated carbocycles. The van der Waals surface area contributed by atoms with Gasteiger partial charge < -0.3 is 42.5 Å². The number of nitrogens with zero attached hydrogens (tertiary/aromatic N) is 2. The van der Waals surface area contributed by atoms with E-state index in [0.29, 0.717) is 51.3 Å². The quantitative estimate of drug-likeness (QED) is 0.0398. The summed E-state index contributed by atoms with van der Waals surface area (Å²) in [5.41, 5.74) is 6.87. The first-order valence-electron chi connectivity index (χ1n) is 24.4. The molecule has 0 radical (unpaired) electrons. The van der Waals surface area contributed by atoms with Gasteiger partial charge in [-0.05, 0) is 108 Å². The first-order chi connectivity index (χ1) is 36.6. The second kappa shape index (κ2) is 22.4. The average molecular weight is 1040 g/mol. The van der Waals surface area contributed by atoms with Crippen LogP contribution in [0.2, 0.25) is 0 Å². The molecule has 0 spiro atoms. The molecule has 1 aliphatic carbocycles. The number of carbonyl (C=O) groups excluding carboxylic acids is 2. The van der Waals surface area contributed by atoms with Gasteiger partial charge in [-0.2, -0.15) is 0 Å². The van der Waals surface area contributed by atoms with Crippen LogP contribution in [0.4, 0.5) is 56.9 Å². The van der Waals surface area contributed by atoms with Crippen LogP contribution in [0.3, 0.4) is 0 Å². The van der Waals surface area contributed by atoms with Crippen LogP contribution in [0.15, 0.2) is 164 Å². The molecule has 4 heterocycles. The Morgan fingerprint density at radius 1 is 0.520 bits per heavy atom. The zero-order valence-electron chi connectivity index (χ0n) is 40.5. The maximum Gasteiger partial charge on any atom is 0.267 e. The summed E-state index contributed by atoms with van der Waals surface area (Å²) in [5, 5.41) is 30.6. The van der Waals surface area contributed by atoms with Crippen molar-refractivity contribution < 1.29 is 9.59 Å². The molecule has 1 aliphatic rings. The molecule has 0 saturated heterocycles. The number of benzene rings is 4. The molecule has 0 bridgehead atoms. The Balaban J connectivity index is 0.000000173. The van der Waals surface area contributed by atoms with Crippen LogP contribution < -0.4 is 64.2 Å². The summed E-state index contributed by atoms with van der Waals surface area (Å²) in [6, 6.07) is 38.0. The Morgan fingerprint density at radius 3 is 1.48 bits per heavy atom. The summed E-state index contributed by atoms with van der Waals surface area (Å²) in [6.45, 7) is 1.10. The molecule has 2 amide bonds. The number of hydrogen-bond donors (Lipinski definition) is 8.